The maximum atomic E-state index is 11.7. The normalized spacial score (nSPS) is 11.1. The number of carboxylic acid groups (broad SMARTS) is 1. The molecular weight excluding hydrogens is 250 g/mol. The molecule has 7 nitrogen and oxygen atoms in total. The number of primary amides is 1. The van der Waals surface area contributed by atoms with Gasteiger partial charge >= 0.3 is 5.97 Å². The van der Waals surface area contributed by atoms with Gasteiger partial charge in [0.15, 0.2) is 0 Å². The third-order valence-corrected chi connectivity index (χ3v) is 2.28. The molecule has 0 spiro atoms. The summed E-state index contributed by atoms with van der Waals surface area (Å²) < 4.78 is 0. The molecule has 1 rings (SSSR count). The second-order valence-corrected chi connectivity index (χ2v) is 3.72. The molecule has 0 radical (unpaired) electrons. The largest absolute Gasteiger partial charge is 0.480 e. The first-order chi connectivity index (χ1) is 8.93. The molecule has 0 aromatic heterocycles. The van der Waals surface area contributed by atoms with E-state index in [4.69, 9.17) is 16.1 Å². The van der Waals surface area contributed by atoms with Crippen LogP contribution in [0.1, 0.15) is 22.3 Å². The lowest BCUT2D eigenvalue weighted by Crippen LogP contribution is -2.43. The highest BCUT2D eigenvalue weighted by molar-refractivity contribution is 5.97. The van der Waals surface area contributed by atoms with E-state index < -0.39 is 30.2 Å². The minimum atomic E-state index is -1.37. The van der Waals surface area contributed by atoms with Crippen molar-refractivity contribution >= 4 is 17.8 Å². The van der Waals surface area contributed by atoms with Gasteiger partial charge in [0.05, 0.1) is 18.1 Å². The summed E-state index contributed by atoms with van der Waals surface area (Å²) >= 11 is 0. The van der Waals surface area contributed by atoms with Crippen LogP contribution in [-0.4, -0.2) is 28.9 Å². The topological polar surface area (TPSA) is 133 Å². The zero-order valence-electron chi connectivity index (χ0n) is 9.79. The highest BCUT2D eigenvalue weighted by Crippen LogP contribution is 2.04. The van der Waals surface area contributed by atoms with Crippen LogP contribution in [0.4, 0.5) is 0 Å². The number of amides is 2. The highest BCUT2D eigenvalue weighted by Gasteiger charge is 2.22. The van der Waals surface area contributed by atoms with E-state index in [1.165, 1.54) is 24.3 Å². The fourth-order valence-electron chi connectivity index (χ4n) is 1.34. The summed E-state index contributed by atoms with van der Waals surface area (Å²) in [6, 6.07) is 6.15. The van der Waals surface area contributed by atoms with Gasteiger partial charge in [-0.25, -0.2) is 4.79 Å². The van der Waals surface area contributed by atoms with Crippen LogP contribution in [0.25, 0.3) is 0 Å². The Morgan fingerprint density at radius 3 is 2.32 bits per heavy atom. The minimum Gasteiger partial charge on any atom is -0.480 e. The number of aliphatic carboxylic acids is 1. The number of carbonyl (C=O) groups excluding carboxylic acids is 2. The van der Waals surface area contributed by atoms with E-state index in [0.29, 0.717) is 5.56 Å². The predicted octanol–water partition coefficient (Wildman–Crippen LogP) is -0.383. The number of nitrogens with one attached hydrogen (secondary N) is 1. The van der Waals surface area contributed by atoms with Crippen LogP contribution in [0.5, 0.6) is 0 Å². The van der Waals surface area contributed by atoms with Crippen molar-refractivity contribution < 1.29 is 19.5 Å². The first-order valence-corrected chi connectivity index (χ1v) is 5.26. The summed E-state index contributed by atoms with van der Waals surface area (Å²) in [6.45, 7) is 0. The van der Waals surface area contributed by atoms with Crippen LogP contribution < -0.4 is 11.1 Å². The molecule has 0 bridgehead atoms. The quantitative estimate of drug-likeness (QED) is 0.664. The van der Waals surface area contributed by atoms with Gasteiger partial charge in [-0.1, -0.05) is 0 Å². The van der Waals surface area contributed by atoms with E-state index in [-0.39, 0.29) is 5.56 Å². The Hall–Kier alpha value is -2.88. The minimum absolute atomic E-state index is 0.190. The molecule has 1 unspecified atom stereocenters. The maximum Gasteiger partial charge on any atom is 0.326 e. The first-order valence-electron chi connectivity index (χ1n) is 5.26. The van der Waals surface area contributed by atoms with Gasteiger partial charge in [0.2, 0.25) is 5.91 Å². The Bertz CT molecular complexity index is 545. The number of carboxylic acids is 1. The van der Waals surface area contributed by atoms with E-state index in [2.05, 4.69) is 5.32 Å². The number of rotatable bonds is 5. The van der Waals surface area contributed by atoms with Crippen LogP contribution in [0, 0.1) is 11.3 Å². The van der Waals surface area contributed by atoms with Gasteiger partial charge in [0.1, 0.15) is 6.04 Å². The summed E-state index contributed by atoms with van der Waals surface area (Å²) in [6.07, 6.45) is -0.489. The Kier molecular flexibility index (Phi) is 4.60. The number of nitrogens with two attached hydrogens (primary N) is 1. The fraction of sp³-hybridized carbons (Fsp3) is 0.167. The average Bonchev–Trinajstić information content (AvgIpc) is 2.37. The average molecular weight is 261 g/mol. The molecule has 0 heterocycles. The summed E-state index contributed by atoms with van der Waals surface area (Å²) in [5, 5.41) is 19.6. The number of nitriles is 1. The summed E-state index contributed by atoms with van der Waals surface area (Å²) in [5.41, 5.74) is 5.46. The molecule has 0 saturated heterocycles. The van der Waals surface area contributed by atoms with Crippen molar-refractivity contribution in [1.29, 1.82) is 5.26 Å². The Morgan fingerprint density at radius 2 is 1.89 bits per heavy atom. The second-order valence-electron chi connectivity index (χ2n) is 3.72. The van der Waals surface area contributed by atoms with Crippen molar-refractivity contribution in [2.45, 2.75) is 12.5 Å². The molecule has 0 fully saturated rings. The Morgan fingerprint density at radius 1 is 1.32 bits per heavy atom. The third kappa shape index (κ3) is 4.12. The molecule has 2 amide bonds. The number of carbonyl (C=O) groups is 3. The SMILES string of the molecule is N#Cc1ccc(C(=O)NC(CC(N)=O)C(=O)O)cc1. The van der Waals surface area contributed by atoms with Crippen molar-refractivity contribution in [3.63, 3.8) is 0 Å². The lowest BCUT2D eigenvalue weighted by molar-refractivity contribution is -0.140. The third-order valence-electron chi connectivity index (χ3n) is 2.28. The smallest absolute Gasteiger partial charge is 0.326 e. The summed E-state index contributed by atoms with van der Waals surface area (Å²) in [5.74, 6) is -2.83. The summed E-state index contributed by atoms with van der Waals surface area (Å²) in [7, 11) is 0. The molecule has 7 heteroatoms. The molecule has 1 aromatic rings. The Balaban J connectivity index is 2.78. The van der Waals surface area contributed by atoms with Crippen LogP contribution in [0.3, 0.4) is 0 Å². The van der Waals surface area contributed by atoms with Crippen molar-refractivity contribution in [3.8, 4) is 6.07 Å². The lowest BCUT2D eigenvalue weighted by atomic mass is 10.1. The number of hydrogen-bond acceptors (Lipinski definition) is 4. The van der Waals surface area contributed by atoms with E-state index >= 15 is 0 Å². The van der Waals surface area contributed by atoms with Gasteiger partial charge in [-0.05, 0) is 24.3 Å². The van der Waals surface area contributed by atoms with Crippen molar-refractivity contribution in [3.05, 3.63) is 35.4 Å². The fourth-order valence-corrected chi connectivity index (χ4v) is 1.34. The van der Waals surface area contributed by atoms with E-state index in [1.54, 1.807) is 0 Å². The molecule has 1 atom stereocenters. The Labute approximate surface area is 108 Å². The van der Waals surface area contributed by atoms with Crippen LogP contribution in [0.15, 0.2) is 24.3 Å². The van der Waals surface area contributed by atoms with Crippen LogP contribution >= 0.6 is 0 Å². The zero-order valence-corrected chi connectivity index (χ0v) is 9.79. The summed E-state index contributed by atoms with van der Waals surface area (Å²) in [4.78, 5) is 33.3. The molecule has 98 valence electrons. The lowest BCUT2D eigenvalue weighted by Gasteiger charge is -2.12. The highest BCUT2D eigenvalue weighted by atomic mass is 16.4. The molecule has 0 aliphatic rings. The van der Waals surface area contributed by atoms with Gasteiger partial charge in [0, 0.05) is 5.56 Å². The maximum absolute atomic E-state index is 11.7. The number of nitrogens with zero attached hydrogens (tertiary/aromatic N) is 1. The zero-order chi connectivity index (χ0) is 14.4. The van der Waals surface area contributed by atoms with Gasteiger partial charge in [-0.3, -0.25) is 9.59 Å². The predicted molar refractivity (Wildman–Crippen MR) is 63.9 cm³/mol. The molecule has 19 heavy (non-hydrogen) atoms. The number of benzene rings is 1. The van der Waals surface area contributed by atoms with E-state index in [1.807, 2.05) is 6.07 Å². The molecule has 1 aromatic carbocycles. The van der Waals surface area contributed by atoms with Gasteiger partial charge in [-0.15, -0.1) is 0 Å². The number of hydrogen-bond donors (Lipinski definition) is 3. The molecule has 0 aliphatic heterocycles. The van der Waals surface area contributed by atoms with Gasteiger partial charge in [-0.2, -0.15) is 5.26 Å². The molecule has 0 saturated carbocycles. The van der Waals surface area contributed by atoms with Crippen LogP contribution in [-0.2, 0) is 9.59 Å². The molecule has 0 aliphatic carbocycles. The van der Waals surface area contributed by atoms with Gasteiger partial charge in [0.25, 0.3) is 5.91 Å². The van der Waals surface area contributed by atoms with E-state index in [9.17, 15) is 14.4 Å². The van der Waals surface area contributed by atoms with Gasteiger partial charge < -0.3 is 16.2 Å². The van der Waals surface area contributed by atoms with Crippen molar-refractivity contribution in [2.24, 2.45) is 5.73 Å². The molecule has 4 N–H and O–H groups in total. The van der Waals surface area contributed by atoms with Crippen LogP contribution in [0.2, 0.25) is 0 Å². The monoisotopic (exact) mass is 261 g/mol. The first kappa shape index (κ1) is 14.2. The standard InChI is InChI=1S/C12H11N3O4/c13-6-7-1-3-8(4-2-7)11(17)15-9(12(18)19)5-10(14)16/h1-4,9H,5H2,(H2,14,16)(H,15,17)(H,18,19). The van der Waals surface area contributed by atoms with Crippen molar-refractivity contribution in [2.75, 3.05) is 0 Å². The van der Waals surface area contributed by atoms with E-state index in [0.717, 1.165) is 0 Å². The second kappa shape index (κ2) is 6.16. The van der Waals surface area contributed by atoms with Crippen molar-refractivity contribution in [1.82, 2.24) is 5.32 Å². The molecular formula is C12H11N3O4.